The zero-order valence-electron chi connectivity index (χ0n) is 9.31. The summed E-state index contributed by atoms with van der Waals surface area (Å²) in [5, 5.41) is 0. The first-order valence-corrected chi connectivity index (χ1v) is 5.89. The zero-order chi connectivity index (χ0) is 10.5. The number of carbonyl (C=O) groups excluding carboxylic acids is 1. The Kier molecular flexibility index (Phi) is 1.72. The number of carbonyl (C=O) groups is 1. The van der Waals surface area contributed by atoms with Crippen LogP contribution in [0.3, 0.4) is 0 Å². The van der Waals surface area contributed by atoms with Gasteiger partial charge in [0.05, 0.1) is 0 Å². The second-order valence-electron chi connectivity index (χ2n) is 5.71. The van der Waals surface area contributed by atoms with E-state index in [9.17, 15) is 4.79 Å². The molecule has 1 amide bonds. The summed E-state index contributed by atoms with van der Waals surface area (Å²) in [6.45, 7) is 3.64. The van der Waals surface area contributed by atoms with E-state index < -0.39 is 0 Å². The number of rotatable bonds is 0. The summed E-state index contributed by atoms with van der Waals surface area (Å²) in [6, 6.07) is 0. The van der Waals surface area contributed by atoms with Gasteiger partial charge in [0.1, 0.15) is 0 Å². The van der Waals surface area contributed by atoms with Gasteiger partial charge < -0.3 is 4.90 Å². The summed E-state index contributed by atoms with van der Waals surface area (Å²) >= 11 is 0. The lowest BCUT2D eigenvalue weighted by molar-refractivity contribution is -0.125. The van der Waals surface area contributed by atoms with Crippen molar-refractivity contribution in [2.45, 2.75) is 39.0 Å². The van der Waals surface area contributed by atoms with E-state index in [0.29, 0.717) is 5.41 Å². The molecule has 1 heterocycles. The Hall–Kier alpha value is -0.970. The molecule has 3 rings (SSSR count). The fourth-order valence-corrected chi connectivity index (χ4v) is 3.65. The molecule has 80 valence electrons. The zero-order valence-corrected chi connectivity index (χ0v) is 9.31. The van der Waals surface area contributed by atoms with Gasteiger partial charge in [-0.3, -0.25) is 4.79 Å². The molecule has 2 aliphatic carbocycles. The minimum Gasteiger partial charge on any atom is -0.331 e. The highest BCUT2D eigenvalue weighted by molar-refractivity contribution is 5.93. The molecule has 3 fully saturated rings. The SMILES string of the molecule is CC#CC(=O)N1CCC2(C1)CC1(CC1)C2. The van der Waals surface area contributed by atoms with Crippen molar-refractivity contribution >= 4 is 5.91 Å². The van der Waals surface area contributed by atoms with E-state index in [4.69, 9.17) is 0 Å². The molecule has 0 N–H and O–H groups in total. The van der Waals surface area contributed by atoms with Crippen LogP contribution in [0.15, 0.2) is 0 Å². The maximum atomic E-state index is 11.6. The largest absolute Gasteiger partial charge is 0.331 e. The third-order valence-corrected chi connectivity index (χ3v) is 4.41. The van der Waals surface area contributed by atoms with Crippen molar-refractivity contribution in [2.24, 2.45) is 10.8 Å². The van der Waals surface area contributed by atoms with Gasteiger partial charge >= 0.3 is 0 Å². The average molecular weight is 203 g/mol. The Morgan fingerprint density at radius 2 is 1.93 bits per heavy atom. The van der Waals surface area contributed by atoms with E-state index in [0.717, 1.165) is 18.5 Å². The van der Waals surface area contributed by atoms with Gasteiger partial charge in [0.25, 0.3) is 5.91 Å². The molecule has 0 unspecified atom stereocenters. The van der Waals surface area contributed by atoms with Crippen molar-refractivity contribution < 1.29 is 4.79 Å². The standard InChI is InChI=1S/C13H17NO/c1-2-3-11(15)14-7-6-13(10-14)8-12(9-13)4-5-12/h4-10H2,1H3. The lowest BCUT2D eigenvalue weighted by atomic mass is 9.59. The van der Waals surface area contributed by atoms with Crippen molar-refractivity contribution in [3.8, 4) is 11.8 Å². The van der Waals surface area contributed by atoms with Gasteiger partial charge in [-0.25, -0.2) is 0 Å². The predicted octanol–water partition coefficient (Wildman–Crippen LogP) is 1.80. The lowest BCUT2D eigenvalue weighted by Crippen LogP contribution is -2.41. The van der Waals surface area contributed by atoms with Crippen LogP contribution in [0.25, 0.3) is 0 Å². The molecule has 2 spiro atoms. The summed E-state index contributed by atoms with van der Waals surface area (Å²) in [7, 11) is 0. The van der Waals surface area contributed by atoms with Crippen LogP contribution in [0, 0.1) is 22.7 Å². The van der Waals surface area contributed by atoms with Crippen molar-refractivity contribution in [1.82, 2.24) is 4.90 Å². The van der Waals surface area contributed by atoms with Crippen LogP contribution in [0.4, 0.5) is 0 Å². The van der Waals surface area contributed by atoms with E-state index >= 15 is 0 Å². The first kappa shape index (κ1) is 9.27. The van der Waals surface area contributed by atoms with E-state index in [1.807, 2.05) is 4.90 Å². The van der Waals surface area contributed by atoms with Gasteiger partial charge in [-0.05, 0) is 55.8 Å². The second kappa shape index (κ2) is 2.78. The van der Waals surface area contributed by atoms with Gasteiger partial charge in [0.15, 0.2) is 0 Å². The average Bonchev–Trinajstić information content (AvgIpc) is 2.77. The fraction of sp³-hybridized carbons (Fsp3) is 0.769. The Balaban J connectivity index is 1.63. The van der Waals surface area contributed by atoms with Gasteiger partial charge in [-0.15, -0.1) is 0 Å². The molecule has 0 atom stereocenters. The van der Waals surface area contributed by atoms with Crippen LogP contribution in [-0.4, -0.2) is 23.9 Å². The molecule has 0 aromatic carbocycles. The van der Waals surface area contributed by atoms with Crippen LogP contribution in [0.1, 0.15) is 39.0 Å². The van der Waals surface area contributed by atoms with Crippen molar-refractivity contribution in [1.29, 1.82) is 0 Å². The van der Waals surface area contributed by atoms with Crippen molar-refractivity contribution in [2.75, 3.05) is 13.1 Å². The maximum Gasteiger partial charge on any atom is 0.298 e. The molecular weight excluding hydrogens is 186 g/mol. The number of hydrogen-bond donors (Lipinski definition) is 0. The monoisotopic (exact) mass is 203 g/mol. The summed E-state index contributed by atoms with van der Waals surface area (Å²) in [4.78, 5) is 13.6. The normalized spacial score (nSPS) is 28.5. The Bertz CT molecular complexity index is 362. The first-order chi connectivity index (χ1) is 7.17. The van der Waals surface area contributed by atoms with Crippen molar-refractivity contribution in [3.05, 3.63) is 0 Å². The fourth-order valence-electron chi connectivity index (χ4n) is 3.65. The third-order valence-electron chi connectivity index (χ3n) is 4.41. The van der Waals surface area contributed by atoms with Crippen LogP contribution in [0.2, 0.25) is 0 Å². The Labute approximate surface area is 91.0 Å². The molecule has 2 saturated carbocycles. The molecule has 0 bridgehead atoms. The van der Waals surface area contributed by atoms with E-state index in [2.05, 4.69) is 11.8 Å². The minimum atomic E-state index is 0.0334. The molecule has 2 heteroatoms. The number of amides is 1. The van der Waals surface area contributed by atoms with Crippen LogP contribution < -0.4 is 0 Å². The molecule has 15 heavy (non-hydrogen) atoms. The summed E-state index contributed by atoms with van der Waals surface area (Å²) in [6.07, 6.45) is 6.85. The topological polar surface area (TPSA) is 20.3 Å². The number of hydrogen-bond acceptors (Lipinski definition) is 1. The predicted molar refractivity (Wildman–Crippen MR) is 58.0 cm³/mol. The molecule has 1 aliphatic heterocycles. The highest BCUT2D eigenvalue weighted by Crippen LogP contribution is 2.70. The number of nitrogens with zero attached hydrogens (tertiary/aromatic N) is 1. The summed E-state index contributed by atoms with van der Waals surface area (Å²) in [5.41, 5.74) is 1.25. The molecule has 0 radical (unpaired) electrons. The lowest BCUT2D eigenvalue weighted by Gasteiger charge is -2.46. The van der Waals surface area contributed by atoms with Gasteiger partial charge in [-0.2, -0.15) is 0 Å². The first-order valence-electron chi connectivity index (χ1n) is 5.89. The van der Waals surface area contributed by atoms with Gasteiger partial charge in [-0.1, -0.05) is 5.92 Å². The summed E-state index contributed by atoms with van der Waals surface area (Å²) < 4.78 is 0. The molecule has 0 aromatic heterocycles. The van der Waals surface area contributed by atoms with Crippen LogP contribution in [0.5, 0.6) is 0 Å². The van der Waals surface area contributed by atoms with Gasteiger partial charge in [0.2, 0.25) is 0 Å². The van der Waals surface area contributed by atoms with E-state index in [-0.39, 0.29) is 5.91 Å². The Morgan fingerprint density at radius 1 is 1.20 bits per heavy atom. The number of likely N-dealkylation sites (tertiary alicyclic amines) is 1. The van der Waals surface area contributed by atoms with Crippen LogP contribution >= 0.6 is 0 Å². The maximum absolute atomic E-state index is 11.6. The summed E-state index contributed by atoms with van der Waals surface area (Å²) in [5.74, 6) is 5.38. The quantitative estimate of drug-likeness (QED) is 0.550. The van der Waals surface area contributed by atoms with Crippen LogP contribution in [-0.2, 0) is 4.79 Å². The minimum absolute atomic E-state index is 0.0334. The molecule has 0 aromatic rings. The smallest absolute Gasteiger partial charge is 0.298 e. The van der Waals surface area contributed by atoms with E-state index in [1.54, 1.807) is 6.92 Å². The van der Waals surface area contributed by atoms with E-state index in [1.165, 1.54) is 32.1 Å². The highest BCUT2D eigenvalue weighted by Gasteiger charge is 2.62. The molecule has 1 saturated heterocycles. The Morgan fingerprint density at radius 3 is 2.53 bits per heavy atom. The third kappa shape index (κ3) is 1.37. The molecule has 3 aliphatic rings. The molecular formula is C13H17NO. The molecule has 2 nitrogen and oxygen atoms in total. The van der Waals surface area contributed by atoms with Gasteiger partial charge in [0, 0.05) is 13.1 Å². The van der Waals surface area contributed by atoms with Crippen molar-refractivity contribution in [3.63, 3.8) is 0 Å². The highest BCUT2D eigenvalue weighted by atomic mass is 16.2. The second-order valence-corrected chi connectivity index (χ2v) is 5.71.